The summed E-state index contributed by atoms with van der Waals surface area (Å²) in [6, 6.07) is 17.9. The number of aromatic amines is 1. The van der Waals surface area contributed by atoms with Gasteiger partial charge in [0.15, 0.2) is 0 Å². The fourth-order valence-electron chi connectivity index (χ4n) is 2.75. The van der Waals surface area contributed by atoms with E-state index in [9.17, 15) is 4.79 Å². The van der Waals surface area contributed by atoms with Crippen LogP contribution in [0.5, 0.6) is 0 Å². The van der Waals surface area contributed by atoms with Crippen LogP contribution in [0.25, 0.3) is 11.3 Å². The number of H-pyrrole nitrogens is 1. The third kappa shape index (κ3) is 5.14. The Morgan fingerprint density at radius 2 is 1.85 bits per heavy atom. The standard InChI is InChI=1S/C22H24N4O/c1-15(2)12-17-8-10-19(11-9-17)20-13-21(25-24-20)22(27)26-23-14-18-6-4-16(3)5-7-18/h4-11,13-15H,12H2,1-3H3,(H,24,25)(H,26,27). The highest BCUT2D eigenvalue weighted by atomic mass is 16.2. The molecular weight excluding hydrogens is 336 g/mol. The molecule has 138 valence electrons. The smallest absolute Gasteiger partial charge is 0.272 e. The summed E-state index contributed by atoms with van der Waals surface area (Å²) in [5.41, 5.74) is 8.00. The number of aromatic nitrogens is 2. The Morgan fingerprint density at radius 1 is 1.15 bits per heavy atom. The number of nitrogens with one attached hydrogen (secondary N) is 2. The molecule has 0 bridgehead atoms. The van der Waals surface area contributed by atoms with Crippen LogP contribution in [0.1, 0.15) is 41.0 Å². The van der Waals surface area contributed by atoms with E-state index in [4.69, 9.17) is 0 Å². The molecule has 1 heterocycles. The number of hydrogen-bond acceptors (Lipinski definition) is 3. The molecule has 0 saturated heterocycles. The third-order valence-corrected chi connectivity index (χ3v) is 4.17. The summed E-state index contributed by atoms with van der Waals surface area (Å²) < 4.78 is 0. The van der Waals surface area contributed by atoms with Crippen LogP contribution in [0.4, 0.5) is 0 Å². The van der Waals surface area contributed by atoms with Crippen molar-refractivity contribution in [1.82, 2.24) is 15.6 Å². The molecule has 1 amide bonds. The largest absolute Gasteiger partial charge is 0.289 e. The number of aryl methyl sites for hydroxylation is 1. The SMILES string of the molecule is Cc1ccc(C=NNC(=O)c2cc(-c3ccc(CC(C)C)cc3)n[nH]2)cc1. The van der Waals surface area contributed by atoms with E-state index in [0.29, 0.717) is 11.6 Å². The van der Waals surface area contributed by atoms with Gasteiger partial charge in [0.25, 0.3) is 5.91 Å². The molecule has 1 aromatic heterocycles. The first-order valence-corrected chi connectivity index (χ1v) is 9.06. The van der Waals surface area contributed by atoms with E-state index in [-0.39, 0.29) is 5.91 Å². The zero-order valence-corrected chi connectivity index (χ0v) is 15.9. The average molecular weight is 360 g/mol. The molecule has 3 aromatic rings. The first kappa shape index (κ1) is 18.6. The van der Waals surface area contributed by atoms with Crippen LogP contribution < -0.4 is 5.43 Å². The quantitative estimate of drug-likeness (QED) is 0.507. The van der Waals surface area contributed by atoms with Crippen molar-refractivity contribution < 1.29 is 4.79 Å². The first-order valence-electron chi connectivity index (χ1n) is 9.06. The fraction of sp³-hybridized carbons (Fsp3) is 0.227. The maximum absolute atomic E-state index is 12.2. The van der Waals surface area contributed by atoms with Crippen LogP contribution in [0, 0.1) is 12.8 Å². The number of carbonyl (C=O) groups is 1. The number of amides is 1. The van der Waals surface area contributed by atoms with Gasteiger partial charge in [0.05, 0.1) is 11.9 Å². The zero-order valence-electron chi connectivity index (χ0n) is 15.9. The molecule has 0 saturated carbocycles. The highest BCUT2D eigenvalue weighted by Crippen LogP contribution is 2.19. The van der Waals surface area contributed by atoms with Gasteiger partial charge in [0.1, 0.15) is 5.69 Å². The number of carbonyl (C=O) groups excluding carboxylic acids is 1. The minimum Gasteiger partial charge on any atom is -0.272 e. The molecule has 2 aromatic carbocycles. The summed E-state index contributed by atoms with van der Waals surface area (Å²) in [6.07, 6.45) is 2.66. The lowest BCUT2D eigenvalue weighted by Crippen LogP contribution is -2.17. The second kappa shape index (κ2) is 8.45. The van der Waals surface area contributed by atoms with E-state index in [2.05, 4.69) is 46.7 Å². The summed E-state index contributed by atoms with van der Waals surface area (Å²) in [5.74, 6) is 0.297. The van der Waals surface area contributed by atoms with Crippen molar-refractivity contribution in [2.24, 2.45) is 11.0 Å². The summed E-state index contributed by atoms with van der Waals surface area (Å²) in [6.45, 7) is 6.43. The number of rotatable bonds is 6. The van der Waals surface area contributed by atoms with Crippen molar-refractivity contribution in [3.63, 3.8) is 0 Å². The molecule has 0 fully saturated rings. The maximum Gasteiger partial charge on any atom is 0.289 e. The number of hydrazone groups is 1. The first-order chi connectivity index (χ1) is 13.0. The normalized spacial score (nSPS) is 11.3. The molecule has 0 aliphatic heterocycles. The number of benzene rings is 2. The van der Waals surface area contributed by atoms with Crippen LogP contribution in [0.3, 0.4) is 0 Å². The molecule has 0 aliphatic rings. The van der Waals surface area contributed by atoms with Crippen LogP contribution in [0.2, 0.25) is 0 Å². The van der Waals surface area contributed by atoms with Gasteiger partial charge in [-0.15, -0.1) is 0 Å². The van der Waals surface area contributed by atoms with Crippen LogP contribution >= 0.6 is 0 Å². The topological polar surface area (TPSA) is 70.1 Å². The molecule has 0 radical (unpaired) electrons. The molecule has 3 rings (SSSR count). The molecule has 0 spiro atoms. The van der Waals surface area contributed by atoms with Crippen molar-refractivity contribution in [3.8, 4) is 11.3 Å². The molecule has 0 aliphatic carbocycles. The van der Waals surface area contributed by atoms with Crippen LogP contribution in [-0.2, 0) is 6.42 Å². The van der Waals surface area contributed by atoms with Crippen molar-refractivity contribution in [2.75, 3.05) is 0 Å². The fourth-order valence-corrected chi connectivity index (χ4v) is 2.75. The lowest BCUT2D eigenvalue weighted by molar-refractivity contribution is 0.0950. The van der Waals surface area contributed by atoms with Crippen molar-refractivity contribution >= 4 is 12.1 Å². The van der Waals surface area contributed by atoms with Gasteiger partial charge >= 0.3 is 0 Å². The molecule has 5 heteroatoms. The Morgan fingerprint density at radius 3 is 2.52 bits per heavy atom. The lowest BCUT2D eigenvalue weighted by atomic mass is 10.0. The van der Waals surface area contributed by atoms with E-state index in [0.717, 1.165) is 23.2 Å². The van der Waals surface area contributed by atoms with E-state index in [1.165, 1.54) is 11.1 Å². The Kier molecular flexibility index (Phi) is 5.81. The predicted octanol–water partition coefficient (Wildman–Crippen LogP) is 4.35. The Hall–Kier alpha value is -3.21. The summed E-state index contributed by atoms with van der Waals surface area (Å²) in [4.78, 5) is 12.2. The lowest BCUT2D eigenvalue weighted by Gasteiger charge is -2.05. The summed E-state index contributed by atoms with van der Waals surface area (Å²) in [5, 5.41) is 11.0. The molecular formula is C22H24N4O. The van der Waals surface area contributed by atoms with Gasteiger partial charge in [-0.3, -0.25) is 9.89 Å². The van der Waals surface area contributed by atoms with E-state index < -0.39 is 0 Å². The monoisotopic (exact) mass is 360 g/mol. The predicted molar refractivity (Wildman–Crippen MR) is 109 cm³/mol. The van der Waals surface area contributed by atoms with Gasteiger partial charge in [-0.2, -0.15) is 10.2 Å². The Labute approximate surface area is 159 Å². The van der Waals surface area contributed by atoms with Gasteiger partial charge < -0.3 is 0 Å². The minimum absolute atomic E-state index is 0.325. The summed E-state index contributed by atoms with van der Waals surface area (Å²) >= 11 is 0. The molecule has 0 atom stereocenters. The molecule has 2 N–H and O–H groups in total. The van der Waals surface area contributed by atoms with Gasteiger partial charge in [0, 0.05) is 5.56 Å². The highest BCUT2D eigenvalue weighted by molar-refractivity contribution is 5.94. The highest BCUT2D eigenvalue weighted by Gasteiger charge is 2.10. The second-order valence-corrected chi connectivity index (χ2v) is 7.07. The number of hydrogen-bond donors (Lipinski definition) is 2. The van der Waals surface area contributed by atoms with Crippen molar-refractivity contribution in [2.45, 2.75) is 27.2 Å². The van der Waals surface area contributed by atoms with E-state index in [1.807, 2.05) is 43.3 Å². The Balaban J connectivity index is 1.62. The molecule has 0 unspecified atom stereocenters. The van der Waals surface area contributed by atoms with Crippen molar-refractivity contribution in [1.29, 1.82) is 0 Å². The average Bonchev–Trinajstić information content (AvgIpc) is 3.14. The van der Waals surface area contributed by atoms with Crippen molar-refractivity contribution in [3.05, 3.63) is 77.0 Å². The van der Waals surface area contributed by atoms with E-state index >= 15 is 0 Å². The maximum atomic E-state index is 12.2. The van der Waals surface area contributed by atoms with Gasteiger partial charge in [-0.05, 0) is 36.5 Å². The Bertz CT molecular complexity index is 922. The molecule has 27 heavy (non-hydrogen) atoms. The van der Waals surface area contributed by atoms with Gasteiger partial charge in [-0.1, -0.05) is 67.9 Å². The van der Waals surface area contributed by atoms with Crippen LogP contribution in [0.15, 0.2) is 59.7 Å². The summed E-state index contributed by atoms with van der Waals surface area (Å²) in [7, 11) is 0. The second-order valence-electron chi connectivity index (χ2n) is 7.07. The third-order valence-electron chi connectivity index (χ3n) is 4.17. The minimum atomic E-state index is -0.325. The number of nitrogens with zero attached hydrogens (tertiary/aromatic N) is 2. The zero-order chi connectivity index (χ0) is 19.2. The molecule has 5 nitrogen and oxygen atoms in total. The van der Waals surface area contributed by atoms with E-state index in [1.54, 1.807) is 12.3 Å². The van der Waals surface area contributed by atoms with Gasteiger partial charge in [-0.25, -0.2) is 5.43 Å². The van der Waals surface area contributed by atoms with Crippen LogP contribution in [-0.4, -0.2) is 22.3 Å². The van der Waals surface area contributed by atoms with Gasteiger partial charge in [0.2, 0.25) is 0 Å².